The monoisotopic (exact) mass is 353 g/mol. The summed E-state index contributed by atoms with van der Waals surface area (Å²) < 4.78 is 11.3. The first kappa shape index (κ1) is 16.8. The number of hydrogen-bond acceptors (Lipinski definition) is 8. The minimum Gasteiger partial charge on any atom is -0.496 e. The predicted molar refractivity (Wildman–Crippen MR) is 87.5 cm³/mol. The zero-order chi connectivity index (χ0) is 18.7. The average Bonchev–Trinajstić information content (AvgIpc) is 3.11. The van der Waals surface area contributed by atoms with E-state index in [-0.39, 0.29) is 29.5 Å². The van der Waals surface area contributed by atoms with Crippen molar-refractivity contribution in [3.8, 4) is 23.2 Å². The second kappa shape index (κ2) is 6.86. The lowest BCUT2D eigenvalue weighted by Crippen LogP contribution is -2.23. The van der Waals surface area contributed by atoms with Gasteiger partial charge in [0.05, 0.1) is 23.8 Å². The van der Waals surface area contributed by atoms with Crippen LogP contribution in [0.25, 0.3) is 11.4 Å². The topological polar surface area (TPSA) is 137 Å². The molecule has 0 fully saturated rings. The molecule has 10 nitrogen and oxygen atoms in total. The first-order chi connectivity index (χ1) is 12.5. The maximum absolute atomic E-state index is 12.2. The van der Waals surface area contributed by atoms with Gasteiger partial charge in [-0.3, -0.25) is 19.5 Å². The van der Waals surface area contributed by atoms with Gasteiger partial charge in [0, 0.05) is 6.07 Å². The zero-order valence-corrected chi connectivity index (χ0v) is 13.4. The Balaban J connectivity index is 1.98. The van der Waals surface area contributed by atoms with Crippen LogP contribution in [0.3, 0.4) is 0 Å². The van der Waals surface area contributed by atoms with Crippen molar-refractivity contribution in [2.75, 3.05) is 7.11 Å². The Morgan fingerprint density at radius 2 is 2.19 bits per heavy atom. The molecule has 0 radical (unpaired) electrons. The standard InChI is InChI=1S/C16H11N5O5/c1-25-13-5-3-2-4-12(13)15-18-14(26-19-15)9-20-8-11(21(23)24)6-10(7-17)16(20)22/h2-6,8H,9H2,1H3. The van der Waals surface area contributed by atoms with Gasteiger partial charge in [-0.05, 0) is 12.1 Å². The molecule has 26 heavy (non-hydrogen) atoms. The molecule has 0 spiro atoms. The minimum absolute atomic E-state index is 0.0531. The number of nitrogens with zero attached hydrogens (tertiary/aromatic N) is 5. The smallest absolute Gasteiger partial charge is 0.287 e. The van der Waals surface area contributed by atoms with Gasteiger partial charge >= 0.3 is 0 Å². The van der Waals surface area contributed by atoms with Gasteiger partial charge in [0.15, 0.2) is 0 Å². The van der Waals surface area contributed by atoms with E-state index in [1.54, 1.807) is 30.3 Å². The fourth-order valence-corrected chi connectivity index (χ4v) is 2.32. The molecule has 2 heterocycles. The molecule has 1 aromatic carbocycles. The molecule has 3 rings (SSSR count). The molecule has 130 valence electrons. The molecule has 0 saturated carbocycles. The fourth-order valence-electron chi connectivity index (χ4n) is 2.32. The highest BCUT2D eigenvalue weighted by Gasteiger charge is 2.17. The Morgan fingerprint density at radius 3 is 2.88 bits per heavy atom. The summed E-state index contributed by atoms with van der Waals surface area (Å²) in [5.74, 6) is 0.841. The number of aromatic nitrogens is 3. The van der Waals surface area contributed by atoms with E-state index in [9.17, 15) is 14.9 Å². The lowest BCUT2D eigenvalue weighted by molar-refractivity contribution is -0.385. The zero-order valence-electron chi connectivity index (χ0n) is 13.4. The van der Waals surface area contributed by atoms with Gasteiger partial charge in [0.25, 0.3) is 11.2 Å². The highest BCUT2D eigenvalue weighted by Crippen LogP contribution is 2.27. The molecule has 0 aliphatic carbocycles. The van der Waals surface area contributed by atoms with Gasteiger partial charge in [-0.2, -0.15) is 10.2 Å². The van der Waals surface area contributed by atoms with E-state index in [1.165, 1.54) is 7.11 Å². The molecular formula is C16H11N5O5. The van der Waals surface area contributed by atoms with Crippen molar-refractivity contribution in [2.45, 2.75) is 6.54 Å². The summed E-state index contributed by atoms with van der Waals surface area (Å²) >= 11 is 0. The number of benzene rings is 1. The molecule has 0 amide bonds. The molecule has 10 heteroatoms. The average molecular weight is 353 g/mol. The number of rotatable bonds is 5. The van der Waals surface area contributed by atoms with Gasteiger partial charge in [-0.15, -0.1) is 0 Å². The predicted octanol–water partition coefficient (Wildman–Crippen LogP) is 1.74. The van der Waals surface area contributed by atoms with Crippen LogP contribution in [-0.4, -0.2) is 26.7 Å². The van der Waals surface area contributed by atoms with Gasteiger partial charge in [-0.25, -0.2) is 0 Å². The summed E-state index contributed by atoms with van der Waals surface area (Å²) in [4.78, 5) is 26.6. The van der Waals surface area contributed by atoms with Crippen molar-refractivity contribution in [1.82, 2.24) is 14.7 Å². The van der Waals surface area contributed by atoms with Crippen LogP contribution >= 0.6 is 0 Å². The number of hydrogen-bond donors (Lipinski definition) is 0. The summed E-state index contributed by atoms with van der Waals surface area (Å²) in [5.41, 5.74) is -0.821. The fraction of sp³-hybridized carbons (Fsp3) is 0.125. The van der Waals surface area contributed by atoms with Crippen molar-refractivity contribution in [3.63, 3.8) is 0 Å². The number of ether oxygens (including phenoxy) is 1. The third-order valence-electron chi connectivity index (χ3n) is 3.52. The quantitative estimate of drug-likeness (QED) is 0.499. The summed E-state index contributed by atoms with van der Waals surface area (Å²) in [6.45, 7) is -0.211. The molecule has 0 aliphatic rings. The highest BCUT2D eigenvalue weighted by molar-refractivity contribution is 5.63. The van der Waals surface area contributed by atoms with Crippen molar-refractivity contribution in [3.05, 3.63) is 68.5 Å². The van der Waals surface area contributed by atoms with E-state index >= 15 is 0 Å². The van der Waals surface area contributed by atoms with Crippen LogP contribution in [0, 0.1) is 21.4 Å². The van der Waals surface area contributed by atoms with Crippen LogP contribution < -0.4 is 10.3 Å². The molecule has 0 N–H and O–H groups in total. The first-order valence-corrected chi connectivity index (χ1v) is 7.28. The van der Waals surface area contributed by atoms with Crippen LogP contribution in [0.4, 0.5) is 5.69 Å². The number of methoxy groups -OCH3 is 1. The lowest BCUT2D eigenvalue weighted by atomic mass is 10.2. The van der Waals surface area contributed by atoms with Gasteiger partial charge < -0.3 is 9.26 Å². The highest BCUT2D eigenvalue weighted by atomic mass is 16.6. The van der Waals surface area contributed by atoms with Crippen LogP contribution in [-0.2, 0) is 6.54 Å². The van der Waals surface area contributed by atoms with Crippen LogP contribution in [0.2, 0.25) is 0 Å². The van der Waals surface area contributed by atoms with E-state index in [0.717, 1.165) is 16.8 Å². The molecular weight excluding hydrogens is 342 g/mol. The second-order valence-electron chi connectivity index (χ2n) is 5.13. The van der Waals surface area contributed by atoms with E-state index in [4.69, 9.17) is 14.5 Å². The lowest BCUT2D eigenvalue weighted by Gasteiger charge is -2.03. The first-order valence-electron chi connectivity index (χ1n) is 7.28. The number of para-hydroxylation sites is 1. The number of nitro groups is 1. The Labute approximate surface area is 146 Å². The Kier molecular flexibility index (Phi) is 4.44. The van der Waals surface area contributed by atoms with Crippen molar-refractivity contribution < 1.29 is 14.2 Å². The Bertz CT molecular complexity index is 1080. The molecule has 0 unspecified atom stereocenters. The normalized spacial score (nSPS) is 10.3. The van der Waals surface area contributed by atoms with E-state index < -0.39 is 10.5 Å². The summed E-state index contributed by atoms with van der Waals surface area (Å²) in [7, 11) is 1.51. The van der Waals surface area contributed by atoms with Crippen molar-refractivity contribution in [1.29, 1.82) is 5.26 Å². The van der Waals surface area contributed by atoms with Gasteiger partial charge in [-0.1, -0.05) is 17.3 Å². The van der Waals surface area contributed by atoms with E-state index in [0.29, 0.717) is 11.3 Å². The maximum Gasteiger partial charge on any atom is 0.287 e. The molecule has 0 saturated heterocycles. The third-order valence-corrected chi connectivity index (χ3v) is 3.52. The second-order valence-corrected chi connectivity index (χ2v) is 5.13. The van der Waals surface area contributed by atoms with Gasteiger partial charge in [0.1, 0.15) is 23.9 Å². The van der Waals surface area contributed by atoms with Crippen LogP contribution in [0.5, 0.6) is 5.75 Å². The van der Waals surface area contributed by atoms with Crippen LogP contribution in [0.1, 0.15) is 11.5 Å². The van der Waals surface area contributed by atoms with Crippen LogP contribution in [0.15, 0.2) is 45.8 Å². The molecule has 0 bridgehead atoms. The summed E-state index contributed by atoms with van der Waals surface area (Å²) in [6, 6.07) is 9.60. The summed E-state index contributed by atoms with van der Waals surface area (Å²) in [5, 5.41) is 23.8. The minimum atomic E-state index is -0.690. The maximum atomic E-state index is 12.2. The number of nitriles is 1. The molecule has 0 aliphatic heterocycles. The molecule has 3 aromatic rings. The Hall–Kier alpha value is -4.00. The van der Waals surface area contributed by atoms with Crippen molar-refractivity contribution in [2.24, 2.45) is 0 Å². The third kappa shape index (κ3) is 3.13. The molecule has 0 atom stereocenters. The van der Waals surface area contributed by atoms with Gasteiger partial charge in [0.2, 0.25) is 11.7 Å². The summed E-state index contributed by atoms with van der Waals surface area (Å²) in [6.07, 6.45) is 1.02. The number of pyridine rings is 1. The van der Waals surface area contributed by atoms with E-state index in [2.05, 4.69) is 10.1 Å². The largest absolute Gasteiger partial charge is 0.496 e. The SMILES string of the molecule is COc1ccccc1-c1noc(Cn2cc([N+](=O)[O-])cc(C#N)c2=O)n1. The molecule has 2 aromatic heterocycles. The Morgan fingerprint density at radius 1 is 1.42 bits per heavy atom. The van der Waals surface area contributed by atoms with Crippen molar-refractivity contribution >= 4 is 5.69 Å². The van der Waals surface area contributed by atoms with E-state index in [1.807, 2.05) is 0 Å².